The molecule has 1 aliphatic rings. The van der Waals surface area contributed by atoms with Crippen LogP contribution in [-0.4, -0.2) is 33.9 Å². The Morgan fingerprint density at radius 3 is 2.59 bits per heavy atom. The number of hydrogen-bond acceptors (Lipinski definition) is 5. The number of ether oxygens (including phenoxy) is 1. The number of likely N-dealkylation sites (tertiary alicyclic amines) is 1. The highest BCUT2D eigenvalue weighted by Gasteiger charge is 2.21. The normalized spacial score (nSPS) is 13.9. The second kappa shape index (κ2) is 8.58. The molecule has 2 aromatic carbocycles. The quantitative estimate of drug-likeness (QED) is 0.221. The predicted octanol–water partition coefficient (Wildman–Crippen LogP) is 4.74. The van der Waals surface area contributed by atoms with Gasteiger partial charge in [-0.1, -0.05) is 34.2 Å². The van der Waals surface area contributed by atoms with Crippen molar-refractivity contribution in [3.8, 4) is 5.75 Å². The van der Waals surface area contributed by atoms with Crippen LogP contribution in [0.15, 0.2) is 46.9 Å². The lowest BCUT2D eigenvalue weighted by Crippen LogP contribution is -2.35. The maximum atomic E-state index is 12.5. The van der Waals surface area contributed by atoms with Gasteiger partial charge >= 0.3 is 5.97 Å². The van der Waals surface area contributed by atoms with Crippen LogP contribution in [0.3, 0.4) is 0 Å². The van der Waals surface area contributed by atoms with E-state index in [-0.39, 0.29) is 11.3 Å². The Bertz CT molecular complexity index is 897. The summed E-state index contributed by atoms with van der Waals surface area (Å²) in [5.74, 6) is -0.325. The number of nitrogens with zero attached hydrogens (tertiary/aromatic N) is 2. The van der Waals surface area contributed by atoms with E-state index in [1.807, 2.05) is 6.07 Å². The lowest BCUT2D eigenvalue weighted by molar-refractivity contribution is -0.384. The minimum atomic E-state index is -0.663. The Labute approximate surface area is 170 Å². The van der Waals surface area contributed by atoms with Gasteiger partial charge in [-0.3, -0.25) is 10.1 Å². The third-order valence-electron chi connectivity index (χ3n) is 4.31. The molecular weight excluding hydrogens is 432 g/mol. The molecule has 0 spiro atoms. The summed E-state index contributed by atoms with van der Waals surface area (Å²) < 4.78 is 6.36. The lowest BCUT2D eigenvalue weighted by atomic mass is 10.1. The molecule has 1 heterocycles. The highest BCUT2D eigenvalue weighted by atomic mass is 79.9. The van der Waals surface area contributed by atoms with Gasteiger partial charge in [-0.2, -0.15) is 0 Å². The van der Waals surface area contributed by atoms with Crippen molar-refractivity contribution in [2.45, 2.75) is 19.3 Å². The van der Waals surface area contributed by atoms with Crippen LogP contribution in [0, 0.1) is 10.1 Å². The van der Waals surface area contributed by atoms with E-state index >= 15 is 0 Å². The number of piperidine rings is 1. The molecule has 0 radical (unpaired) electrons. The van der Waals surface area contributed by atoms with E-state index < -0.39 is 10.9 Å². The Balaban J connectivity index is 1.86. The predicted molar refractivity (Wildman–Crippen MR) is 109 cm³/mol. The third-order valence-corrected chi connectivity index (χ3v) is 5.28. The first-order valence-corrected chi connectivity index (χ1v) is 9.71. The van der Waals surface area contributed by atoms with Gasteiger partial charge in [-0.15, -0.1) is 0 Å². The van der Waals surface area contributed by atoms with Crippen molar-refractivity contribution in [2.75, 3.05) is 13.1 Å². The van der Waals surface area contributed by atoms with Crippen LogP contribution in [0.1, 0.15) is 35.2 Å². The Kier molecular flexibility index (Phi) is 6.18. The number of esters is 1. The van der Waals surface area contributed by atoms with E-state index in [4.69, 9.17) is 17.0 Å². The number of carbonyl (C=O) groups excluding carboxylic acids is 1. The number of nitro benzene ring substituents is 1. The molecule has 2 aromatic rings. The number of rotatable bonds is 4. The molecule has 0 aliphatic carbocycles. The molecule has 0 saturated carbocycles. The van der Waals surface area contributed by atoms with E-state index in [1.54, 1.807) is 12.1 Å². The summed E-state index contributed by atoms with van der Waals surface area (Å²) in [6.07, 6.45) is 3.35. The van der Waals surface area contributed by atoms with Gasteiger partial charge in [-0.25, -0.2) is 4.79 Å². The zero-order valence-electron chi connectivity index (χ0n) is 14.4. The molecule has 1 aliphatic heterocycles. The maximum absolute atomic E-state index is 12.5. The Morgan fingerprint density at radius 2 is 1.89 bits per heavy atom. The Morgan fingerprint density at radius 1 is 1.15 bits per heavy atom. The molecule has 0 aromatic heterocycles. The second-order valence-electron chi connectivity index (χ2n) is 6.19. The first-order chi connectivity index (χ1) is 13.0. The summed E-state index contributed by atoms with van der Waals surface area (Å²) >= 11 is 9.07. The zero-order chi connectivity index (χ0) is 19.4. The van der Waals surface area contributed by atoms with Crippen molar-refractivity contribution >= 4 is 44.8 Å². The molecule has 8 heteroatoms. The van der Waals surface area contributed by atoms with Gasteiger partial charge in [0, 0.05) is 29.7 Å². The number of hydrogen-bond donors (Lipinski definition) is 0. The third kappa shape index (κ3) is 4.70. The zero-order valence-corrected chi connectivity index (χ0v) is 16.8. The van der Waals surface area contributed by atoms with Gasteiger partial charge < -0.3 is 9.64 Å². The van der Waals surface area contributed by atoms with E-state index in [2.05, 4.69) is 20.8 Å². The van der Waals surface area contributed by atoms with Gasteiger partial charge in [0.15, 0.2) is 0 Å². The molecule has 1 fully saturated rings. The van der Waals surface area contributed by atoms with Crippen LogP contribution in [0.5, 0.6) is 5.75 Å². The van der Waals surface area contributed by atoms with Crippen LogP contribution in [0.25, 0.3) is 0 Å². The molecule has 0 unspecified atom stereocenters. The smallest absolute Gasteiger partial charge is 0.343 e. The van der Waals surface area contributed by atoms with E-state index in [1.165, 1.54) is 30.7 Å². The second-order valence-corrected chi connectivity index (χ2v) is 7.49. The number of carbonyl (C=O) groups is 1. The Hall–Kier alpha value is -2.32. The first-order valence-electron chi connectivity index (χ1n) is 8.51. The van der Waals surface area contributed by atoms with Crippen LogP contribution >= 0.6 is 28.1 Å². The molecule has 140 valence electrons. The first kappa shape index (κ1) is 19.4. The average molecular weight is 449 g/mol. The monoisotopic (exact) mass is 448 g/mol. The summed E-state index contributed by atoms with van der Waals surface area (Å²) in [6, 6.07) is 10.7. The SMILES string of the molecule is O=C(Oc1ccc(Br)cc1C(=S)N1CCCCC1)c1cccc([N+](=O)[O-])c1. The number of benzene rings is 2. The molecule has 3 rings (SSSR count). The van der Waals surface area contributed by atoms with E-state index in [0.29, 0.717) is 16.3 Å². The van der Waals surface area contributed by atoms with Crippen LogP contribution < -0.4 is 4.74 Å². The van der Waals surface area contributed by atoms with Gasteiger partial charge in [0.25, 0.3) is 5.69 Å². The van der Waals surface area contributed by atoms with Gasteiger partial charge in [0.1, 0.15) is 10.7 Å². The molecule has 0 amide bonds. The lowest BCUT2D eigenvalue weighted by Gasteiger charge is -2.29. The summed E-state index contributed by atoms with van der Waals surface area (Å²) in [7, 11) is 0. The highest BCUT2D eigenvalue weighted by Crippen LogP contribution is 2.27. The number of thiocarbonyl (C=S) groups is 1. The summed E-state index contributed by atoms with van der Waals surface area (Å²) in [6.45, 7) is 1.76. The standard InChI is InChI=1S/C19H17BrN2O4S/c20-14-7-8-17(16(12-14)18(27)21-9-2-1-3-10-21)26-19(23)13-5-4-6-15(11-13)22(24)25/h4-8,11-12H,1-3,9-10H2. The molecule has 1 saturated heterocycles. The van der Waals surface area contributed by atoms with Gasteiger partial charge in [0.05, 0.1) is 16.1 Å². The van der Waals surface area contributed by atoms with Crippen molar-refractivity contribution in [3.05, 3.63) is 68.2 Å². The van der Waals surface area contributed by atoms with Crippen molar-refractivity contribution < 1.29 is 14.5 Å². The van der Waals surface area contributed by atoms with Crippen molar-refractivity contribution in [1.29, 1.82) is 0 Å². The number of non-ortho nitro benzene ring substituents is 1. The number of halogens is 1. The fourth-order valence-corrected chi connectivity index (χ4v) is 3.63. The molecule has 27 heavy (non-hydrogen) atoms. The van der Waals surface area contributed by atoms with E-state index in [0.717, 1.165) is 30.4 Å². The fourth-order valence-electron chi connectivity index (χ4n) is 2.93. The van der Waals surface area contributed by atoms with Gasteiger partial charge in [0.2, 0.25) is 0 Å². The fraction of sp³-hybridized carbons (Fsp3) is 0.263. The van der Waals surface area contributed by atoms with Crippen molar-refractivity contribution in [2.24, 2.45) is 0 Å². The van der Waals surface area contributed by atoms with Crippen LogP contribution in [0.4, 0.5) is 5.69 Å². The number of nitro groups is 1. The summed E-state index contributed by atoms with van der Waals surface area (Å²) in [5, 5.41) is 10.9. The van der Waals surface area contributed by atoms with Crippen LogP contribution in [0.2, 0.25) is 0 Å². The largest absolute Gasteiger partial charge is 0.422 e. The molecule has 0 bridgehead atoms. The topological polar surface area (TPSA) is 72.7 Å². The minimum Gasteiger partial charge on any atom is -0.422 e. The highest BCUT2D eigenvalue weighted by molar-refractivity contribution is 9.10. The van der Waals surface area contributed by atoms with Crippen molar-refractivity contribution in [1.82, 2.24) is 4.90 Å². The molecule has 6 nitrogen and oxygen atoms in total. The molecule has 0 N–H and O–H groups in total. The molecule has 0 atom stereocenters. The van der Waals surface area contributed by atoms with Crippen LogP contribution in [-0.2, 0) is 0 Å². The van der Waals surface area contributed by atoms with E-state index in [9.17, 15) is 14.9 Å². The summed E-state index contributed by atoms with van der Waals surface area (Å²) in [5.41, 5.74) is 0.603. The summed E-state index contributed by atoms with van der Waals surface area (Å²) in [4.78, 5) is 25.6. The molecular formula is C19H17BrN2O4S. The minimum absolute atomic E-state index is 0.113. The van der Waals surface area contributed by atoms with Gasteiger partial charge in [-0.05, 0) is 43.5 Å². The average Bonchev–Trinajstić information content (AvgIpc) is 2.69. The maximum Gasteiger partial charge on any atom is 0.343 e. The van der Waals surface area contributed by atoms with Crippen molar-refractivity contribution in [3.63, 3.8) is 0 Å².